The zero-order valence-electron chi connectivity index (χ0n) is 4.87. The highest BCUT2D eigenvalue weighted by Gasteiger charge is 2.29. The van der Waals surface area contributed by atoms with E-state index in [1.165, 1.54) is 0 Å². The first kappa shape index (κ1) is 6.89. The van der Waals surface area contributed by atoms with E-state index in [1.807, 2.05) is 0 Å². The molecule has 0 spiro atoms. The van der Waals surface area contributed by atoms with Gasteiger partial charge in [0.2, 0.25) is 0 Å². The highest BCUT2D eigenvalue weighted by Crippen LogP contribution is 2.12. The number of carboxylic acid groups (broad SMARTS) is 1. The second-order valence-corrected chi connectivity index (χ2v) is 2.79. The molecular weight excluding hydrogens is 138 g/mol. The van der Waals surface area contributed by atoms with Crippen molar-refractivity contribution in [1.29, 1.82) is 0 Å². The molecule has 1 saturated heterocycles. The van der Waals surface area contributed by atoms with Gasteiger partial charge in [-0.15, -0.1) is 0 Å². The Morgan fingerprint density at radius 2 is 2.44 bits per heavy atom. The number of carboxylic acids is 1. The number of rotatable bonds is 1. The molecule has 2 N–H and O–H groups in total. The molecule has 3 nitrogen and oxygen atoms in total. The predicted octanol–water partition coefficient (Wildman–Crippen LogP) is -0.269. The number of hydrogen-bond donors (Lipinski definition) is 3. The summed E-state index contributed by atoms with van der Waals surface area (Å²) in [6.45, 7) is 0.769. The average Bonchev–Trinajstić information content (AvgIpc) is 2.13. The van der Waals surface area contributed by atoms with Gasteiger partial charge < -0.3 is 10.4 Å². The lowest BCUT2D eigenvalue weighted by atomic mass is 10.2. The second kappa shape index (κ2) is 2.58. The van der Waals surface area contributed by atoms with E-state index in [1.54, 1.807) is 0 Å². The Morgan fingerprint density at radius 1 is 1.78 bits per heavy atom. The van der Waals surface area contributed by atoms with Crippen molar-refractivity contribution < 1.29 is 9.90 Å². The first-order chi connectivity index (χ1) is 4.22. The van der Waals surface area contributed by atoms with E-state index in [4.69, 9.17) is 5.11 Å². The smallest absolute Gasteiger partial charge is 0.321 e. The monoisotopic (exact) mass is 147 g/mol. The quantitative estimate of drug-likeness (QED) is 0.447. The zero-order chi connectivity index (χ0) is 6.85. The van der Waals surface area contributed by atoms with Crippen molar-refractivity contribution in [2.45, 2.75) is 17.7 Å². The summed E-state index contributed by atoms with van der Waals surface area (Å²) in [4.78, 5) is 10.3. The Bertz CT molecular complexity index is 128. The van der Waals surface area contributed by atoms with Gasteiger partial charge in [-0.3, -0.25) is 4.79 Å². The van der Waals surface area contributed by atoms with Crippen LogP contribution in [0.1, 0.15) is 6.42 Å². The fourth-order valence-corrected chi connectivity index (χ4v) is 1.30. The van der Waals surface area contributed by atoms with Crippen LogP contribution in [-0.2, 0) is 4.79 Å². The molecule has 0 amide bonds. The topological polar surface area (TPSA) is 49.3 Å². The van der Waals surface area contributed by atoms with E-state index in [0.29, 0.717) is 0 Å². The number of aliphatic carboxylic acids is 1. The van der Waals surface area contributed by atoms with E-state index in [0.717, 1.165) is 13.0 Å². The maximum Gasteiger partial charge on any atom is 0.321 e. The molecule has 0 radical (unpaired) electrons. The van der Waals surface area contributed by atoms with Gasteiger partial charge >= 0.3 is 5.97 Å². The fraction of sp³-hybridized carbons (Fsp3) is 0.800. The highest BCUT2D eigenvalue weighted by atomic mass is 32.1. The van der Waals surface area contributed by atoms with Gasteiger partial charge in [0.1, 0.15) is 6.04 Å². The molecule has 0 bridgehead atoms. The molecule has 4 heteroatoms. The van der Waals surface area contributed by atoms with Gasteiger partial charge in [-0.1, -0.05) is 0 Å². The van der Waals surface area contributed by atoms with Crippen molar-refractivity contribution in [2.24, 2.45) is 0 Å². The SMILES string of the molecule is O=C(O)C1NCCC1S. The number of hydrogen-bond acceptors (Lipinski definition) is 3. The van der Waals surface area contributed by atoms with Crippen LogP contribution in [0.2, 0.25) is 0 Å². The molecule has 0 saturated carbocycles. The lowest BCUT2D eigenvalue weighted by Crippen LogP contribution is -2.35. The van der Waals surface area contributed by atoms with Crippen LogP contribution in [0.3, 0.4) is 0 Å². The average molecular weight is 147 g/mol. The molecule has 52 valence electrons. The van der Waals surface area contributed by atoms with Crippen molar-refractivity contribution in [1.82, 2.24) is 5.32 Å². The van der Waals surface area contributed by atoms with Crippen LogP contribution in [-0.4, -0.2) is 28.9 Å². The molecular formula is C5H9NO2S. The number of carbonyl (C=O) groups is 1. The lowest BCUT2D eigenvalue weighted by Gasteiger charge is -2.07. The highest BCUT2D eigenvalue weighted by molar-refractivity contribution is 7.81. The Morgan fingerprint density at radius 3 is 2.67 bits per heavy atom. The normalized spacial score (nSPS) is 34.8. The fourth-order valence-electron chi connectivity index (χ4n) is 0.941. The van der Waals surface area contributed by atoms with Gasteiger partial charge in [0.25, 0.3) is 0 Å². The minimum absolute atomic E-state index is 0.0116. The van der Waals surface area contributed by atoms with Gasteiger partial charge in [0.05, 0.1) is 0 Å². The molecule has 0 aromatic carbocycles. The summed E-state index contributed by atoms with van der Waals surface area (Å²) in [6, 6.07) is -0.437. The third kappa shape index (κ3) is 1.37. The van der Waals surface area contributed by atoms with Crippen LogP contribution in [0.25, 0.3) is 0 Å². The number of thiol groups is 1. The summed E-state index contributed by atoms with van der Waals surface area (Å²) in [5.41, 5.74) is 0. The molecule has 0 aromatic rings. The molecule has 1 aliphatic rings. The Kier molecular flexibility index (Phi) is 1.97. The minimum Gasteiger partial charge on any atom is -0.480 e. The Balaban J connectivity index is 2.49. The molecule has 0 aliphatic carbocycles. The molecule has 2 unspecified atom stereocenters. The molecule has 2 atom stereocenters. The van der Waals surface area contributed by atoms with Gasteiger partial charge in [-0.2, -0.15) is 12.6 Å². The third-order valence-corrected chi connectivity index (χ3v) is 2.01. The summed E-state index contributed by atoms with van der Waals surface area (Å²) in [5, 5.41) is 11.3. The Hall–Kier alpha value is -0.220. The van der Waals surface area contributed by atoms with E-state index < -0.39 is 12.0 Å². The molecule has 1 heterocycles. The van der Waals surface area contributed by atoms with Crippen LogP contribution >= 0.6 is 12.6 Å². The number of nitrogens with one attached hydrogen (secondary N) is 1. The minimum atomic E-state index is -0.799. The molecule has 1 aliphatic heterocycles. The first-order valence-corrected chi connectivity index (χ1v) is 3.37. The van der Waals surface area contributed by atoms with E-state index in [9.17, 15) is 4.79 Å². The molecule has 1 rings (SSSR count). The van der Waals surface area contributed by atoms with Gasteiger partial charge in [-0.05, 0) is 13.0 Å². The third-order valence-electron chi connectivity index (χ3n) is 1.46. The van der Waals surface area contributed by atoms with E-state index in [2.05, 4.69) is 17.9 Å². The van der Waals surface area contributed by atoms with Crippen LogP contribution < -0.4 is 5.32 Å². The van der Waals surface area contributed by atoms with Gasteiger partial charge in [-0.25, -0.2) is 0 Å². The molecule has 9 heavy (non-hydrogen) atoms. The van der Waals surface area contributed by atoms with Crippen molar-refractivity contribution in [3.05, 3.63) is 0 Å². The maximum atomic E-state index is 10.3. The summed E-state index contributed by atoms with van der Waals surface area (Å²) < 4.78 is 0. The van der Waals surface area contributed by atoms with Crippen LogP contribution in [0.5, 0.6) is 0 Å². The predicted molar refractivity (Wildman–Crippen MR) is 36.8 cm³/mol. The summed E-state index contributed by atoms with van der Waals surface area (Å²) in [6.07, 6.45) is 0.847. The molecule has 1 fully saturated rings. The van der Waals surface area contributed by atoms with E-state index in [-0.39, 0.29) is 5.25 Å². The maximum absolute atomic E-state index is 10.3. The van der Waals surface area contributed by atoms with Crippen LogP contribution in [0.15, 0.2) is 0 Å². The van der Waals surface area contributed by atoms with Crippen LogP contribution in [0.4, 0.5) is 0 Å². The lowest BCUT2D eigenvalue weighted by molar-refractivity contribution is -0.138. The standard InChI is InChI=1S/C5H9NO2S/c7-5(8)4-3(9)1-2-6-4/h3-4,6,9H,1-2H2,(H,7,8). The van der Waals surface area contributed by atoms with Crippen molar-refractivity contribution in [3.8, 4) is 0 Å². The van der Waals surface area contributed by atoms with Crippen LogP contribution in [0, 0.1) is 0 Å². The van der Waals surface area contributed by atoms with Crippen molar-refractivity contribution in [2.75, 3.05) is 6.54 Å². The summed E-state index contributed by atoms with van der Waals surface area (Å²) in [5.74, 6) is -0.799. The van der Waals surface area contributed by atoms with Gasteiger partial charge in [0.15, 0.2) is 0 Å². The largest absolute Gasteiger partial charge is 0.480 e. The Labute approximate surface area is 58.9 Å². The van der Waals surface area contributed by atoms with Crippen molar-refractivity contribution in [3.63, 3.8) is 0 Å². The first-order valence-electron chi connectivity index (χ1n) is 2.86. The van der Waals surface area contributed by atoms with Gasteiger partial charge in [0, 0.05) is 5.25 Å². The summed E-state index contributed by atoms with van der Waals surface area (Å²) in [7, 11) is 0. The van der Waals surface area contributed by atoms with E-state index >= 15 is 0 Å². The zero-order valence-corrected chi connectivity index (χ0v) is 5.77. The summed E-state index contributed by atoms with van der Waals surface area (Å²) >= 11 is 4.08. The molecule has 0 aromatic heterocycles. The van der Waals surface area contributed by atoms with Crippen molar-refractivity contribution >= 4 is 18.6 Å². The second-order valence-electron chi connectivity index (χ2n) is 2.13.